The van der Waals surface area contributed by atoms with Crippen LogP contribution >= 0.6 is 0 Å². The minimum Gasteiger partial charge on any atom is -0.484 e. The molecule has 3 heterocycles. The average Bonchev–Trinajstić information content (AvgIpc) is 3.09. The molecule has 0 N–H and O–H groups in total. The third kappa shape index (κ3) is 3.01. The number of rotatable bonds is 3. The summed E-state index contributed by atoms with van der Waals surface area (Å²) in [5, 5.41) is 0.557. The number of carbonyl (C=O) groups excluding carboxylic acids is 1. The highest BCUT2D eigenvalue weighted by molar-refractivity contribution is 5.80. The Morgan fingerprint density at radius 2 is 2.16 bits per heavy atom. The van der Waals surface area contributed by atoms with E-state index in [0.717, 1.165) is 44.6 Å². The molecule has 1 aromatic heterocycles. The molecule has 0 unspecified atom stereocenters. The quantitative estimate of drug-likeness (QED) is 0.858. The van der Waals surface area contributed by atoms with Gasteiger partial charge in [-0.1, -0.05) is 0 Å². The van der Waals surface area contributed by atoms with Gasteiger partial charge in [0.05, 0.1) is 10.9 Å². The molecule has 0 bridgehead atoms. The Hall–Kier alpha value is -2.37. The molecule has 2 aliphatic heterocycles. The zero-order valence-corrected chi connectivity index (χ0v) is 14.5. The van der Waals surface area contributed by atoms with Crippen molar-refractivity contribution in [3.63, 3.8) is 0 Å². The Kier molecular flexibility index (Phi) is 4.19. The number of fused-ring (bicyclic) bond motifs is 2. The summed E-state index contributed by atoms with van der Waals surface area (Å²) in [6.45, 7) is 3.63. The fraction of sp³-hybridized carbons (Fsp3) is 0.526. The number of amides is 1. The molecule has 4 rings (SSSR count). The zero-order valence-electron chi connectivity index (χ0n) is 14.5. The highest BCUT2D eigenvalue weighted by atomic mass is 16.5. The summed E-state index contributed by atoms with van der Waals surface area (Å²) < 4.78 is 7.43. The van der Waals surface area contributed by atoms with Crippen LogP contribution in [0.4, 0.5) is 0 Å². The molecular weight excluding hydrogens is 318 g/mol. The number of ether oxygens (including phenoxy) is 1. The van der Waals surface area contributed by atoms with Crippen molar-refractivity contribution < 1.29 is 9.53 Å². The molecule has 6 heteroatoms. The van der Waals surface area contributed by atoms with Gasteiger partial charge in [-0.15, -0.1) is 0 Å². The van der Waals surface area contributed by atoms with Gasteiger partial charge in [0.2, 0.25) is 0 Å². The Morgan fingerprint density at radius 3 is 3.00 bits per heavy atom. The van der Waals surface area contributed by atoms with Gasteiger partial charge in [-0.05, 0) is 50.8 Å². The first-order valence-electron chi connectivity index (χ1n) is 9.09. The molecule has 0 saturated carbocycles. The van der Waals surface area contributed by atoms with E-state index in [1.165, 1.54) is 6.42 Å². The predicted molar refractivity (Wildman–Crippen MR) is 94.8 cm³/mol. The van der Waals surface area contributed by atoms with Crippen LogP contribution in [0.5, 0.6) is 5.75 Å². The molecule has 0 spiro atoms. The SMILES string of the molecule is C[C@@H]1CCCCN1C(=O)COc1ccc2nc3n(c(=O)c2c1)CCC3. The Balaban J connectivity index is 1.52. The zero-order chi connectivity index (χ0) is 17.4. The van der Waals surface area contributed by atoms with Crippen LogP contribution in [-0.4, -0.2) is 39.6 Å². The number of hydrogen-bond donors (Lipinski definition) is 0. The number of piperidine rings is 1. The van der Waals surface area contributed by atoms with E-state index in [4.69, 9.17) is 4.74 Å². The molecular formula is C19H23N3O3. The largest absolute Gasteiger partial charge is 0.484 e. The van der Waals surface area contributed by atoms with Gasteiger partial charge < -0.3 is 9.64 Å². The number of aryl methyl sites for hydroxylation is 1. The first-order valence-corrected chi connectivity index (χ1v) is 9.09. The summed E-state index contributed by atoms with van der Waals surface area (Å²) in [6, 6.07) is 5.58. The van der Waals surface area contributed by atoms with Crippen LogP contribution in [0.15, 0.2) is 23.0 Å². The molecule has 0 aliphatic carbocycles. The molecule has 1 fully saturated rings. The van der Waals surface area contributed by atoms with Crippen molar-refractivity contribution in [2.24, 2.45) is 0 Å². The maximum Gasteiger partial charge on any atom is 0.261 e. The van der Waals surface area contributed by atoms with Gasteiger partial charge in [-0.3, -0.25) is 14.2 Å². The summed E-state index contributed by atoms with van der Waals surface area (Å²) in [4.78, 5) is 31.4. The Bertz CT molecular complexity index is 874. The van der Waals surface area contributed by atoms with Gasteiger partial charge in [0.15, 0.2) is 6.61 Å². The van der Waals surface area contributed by atoms with Crippen molar-refractivity contribution in [3.8, 4) is 5.75 Å². The second-order valence-corrected chi connectivity index (χ2v) is 6.99. The highest BCUT2D eigenvalue weighted by Gasteiger charge is 2.23. The predicted octanol–water partition coefficient (Wildman–Crippen LogP) is 2.12. The van der Waals surface area contributed by atoms with Crippen molar-refractivity contribution in [2.75, 3.05) is 13.2 Å². The minimum atomic E-state index is -0.0149. The van der Waals surface area contributed by atoms with E-state index in [1.807, 2.05) is 4.90 Å². The smallest absolute Gasteiger partial charge is 0.261 e. The van der Waals surface area contributed by atoms with Gasteiger partial charge in [-0.25, -0.2) is 4.98 Å². The second-order valence-electron chi connectivity index (χ2n) is 6.99. The van der Waals surface area contributed by atoms with E-state index in [1.54, 1.807) is 22.8 Å². The molecule has 25 heavy (non-hydrogen) atoms. The van der Waals surface area contributed by atoms with E-state index in [9.17, 15) is 9.59 Å². The van der Waals surface area contributed by atoms with Crippen molar-refractivity contribution >= 4 is 16.8 Å². The molecule has 6 nitrogen and oxygen atoms in total. The van der Waals surface area contributed by atoms with E-state index in [2.05, 4.69) is 11.9 Å². The lowest BCUT2D eigenvalue weighted by Crippen LogP contribution is -2.44. The summed E-state index contributed by atoms with van der Waals surface area (Å²) >= 11 is 0. The molecule has 2 aliphatic rings. The van der Waals surface area contributed by atoms with Gasteiger partial charge in [0, 0.05) is 25.6 Å². The van der Waals surface area contributed by atoms with Crippen molar-refractivity contribution in [3.05, 3.63) is 34.4 Å². The third-order valence-electron chi connectivity index (χ3n) is 5.27. The van der Waals surface area contributed by atoms with E-state index >= 15 is 0 Å². The Morgan fingerprint density at radius 1 is 1.28 bits per heavy atom. The maximum absolute atomic E-state index is 12.6. The third-order valence-corrected chi connectivity index (χ3v) is 5.27. The summed E-state index contributed by atoms with van der Waals surface area (Å²) in [5.41, 5.74) is 0.681. The van der Waals surface area contributed by atoms with Gasteiger partial charge in [0.1, 0.15) is 11.6 Å². The number of likely N-dealkylation sites (tertiary alicyclic amines) is 1. The summed E-state index contributed by atoms with van der Waals surface area (Å²) in [5.74, 6) is 1.42. The van der Waals surface area contributed by atoms with E-state index in [0.29, 0.717) is 16.7 Å². The fourth-order valence-electron chi connectivity index (χ4n) is 3.85. The monoisotopic (exact) mass is 341 g/mol. The van der Waals surface area contributed by atoms with Crippen LogP contribution in [-0.2, 0) is 17.8 Å². The lowest BCUT2D eigenvalue weighted by atomic mass is 10.0. The topological polar surface area (TPSA) is 64.4 Å². The first-order chi connectivity index (χ1) is 12.1. The standard InChI is InChI=1S/C19H23N3O3/c1-13-5-2-3-9-21(13)18(23)12-25-14-7-8-16-15(11-14)19(24)22-10-4-6-17(22)20-16/h7-8,11,13H,2-6,9-10,12H2,1H3/t13-/m1/s1. The number of carbonyl (C=O) groups is 1. The lowest BCUT2D eigenvalue weighted by molar-refractivity contribution is -0.136. The van der Waals surface area contributed by atoms with Crippen LogP contribution in [0, 0.1) is 0 Å². The van der Waals surface area contributed by atoms with Crippen LogP contribution in [0.25, 0.3) is 10.9 Å². The summed E-state index contributed by atoms with van der Waals surface area (Å²) in [6.07, 6.45) is 5.10. The molecule has 1 atom stereocenters. The lowest BCUT2D eigenvalue weighted by Gasteiger charge is -2.33. The summed E-state index contributed by atoms with van der Waals surface area (Å²) in [7, 11) is 0. The molecule has 1 amide bonds. The Labute approximate surface area is 146 Å². The van der Waals surface area contributed by atoms with Crippen LogP contribution < -0.4 is 10.3 Å². The second kappa shape index (κ2) is 6.50. The normalized spacial score (nSPS) is 19.9. The van der Waals surface area contributed by atoms with Crippen molar-refractivity contribution in [1.29, 1.82) is 0 Å². The number of hydrogen-bond acceptors (Lipinski definition) is 4. The average molecular weight is 341 g/mol. The first kappa shape index (κ1) is 16.1. The van der Waals surface area contributed by atoms with E-state index < -0.39 is 0 Å². The number of nitrogens with zero attached hydrogens (tertiary/aromatic N) is 3. The van der Waals surface area contributed by atoms with Gasteiger partial charge in [-0.2, -0.15) is 0 Å². The van der Waals surface area contributed by atoms with Crippen LogP contribution in [0.2, 0.25) is 0 Å². The van der Waals surface area contributed by atoms with Crippen molar-refractivity contribution in [2.45, 2.75) is 51.6 Å². The van der Waals surface area contributed by atoms with E-state index in [-0.39, 0.29) is 24.1 Å². The van der Waals surface area contributed by atoms with Crippen LogP contribution in [0.1, 0.15) is 38.4 Å². The number of benzene rings is 1. The highest BCUT2D eigenvalue weighted by Crippen LogP contribution is 2.21. The maximum atomic E-state index is 12.6. The van der Waals surface area contributed by atoms with Gasteiger partial charge in [0.25, 0.3) is 11.5 Å². The molecule has 1 saturated heterocycles. The van der Waals surface area contributed by atoms with Gasteiger partial charge >= 0.3 is 0 Å². The molecule has 132 valence electrons. The minimum absolute atomic E-state index is 0.00947. The molecule has 0 radical (unpaired) electrons. The fourth-order valence-corrected chi connectivity index (χ4v) is 3.85. The number of aromatic nitrogens is 2. The molecule has 2 aromatic rings. The molecule has 1 aromatic carbocycles. The van der Waals surface area contributed by atoms with Crippen LogP contribution in [0.3, 0.4) is 0 Å². The van der Waals surface area contributed by atoms with Crippen molar-refractivity contribution in [1.82, 2.24) is 14.5 Å².